The molecule has 3 heterocycles. The van der Waals surface area contributed by atoms with Crippen molar-refractivity contribution in [3.8, 4) is 39.1 Å². The monoisotopic (exact) mass is 691 g/mol. The molecule has 8 aromatic carbocycles. The summed E-state index contributed by atoms with van der Waals surface area (Å²) in [5, 5.41) is 6.81. The molecule has 3 heteroatoms. The fourth-order valence-corrected chi connectivity index (χ4v) is 9.52. The second-order valence-corrected chi connectivity index (χ2v) is 15.2. The van der Waals surface area contributed by atoms with Gasteiger partial charge in [-0.1, -0.05) is 141 Å². The van der Waals surface area contributed by atoms with Gasteiger partial charge in [-0.25, -0.2) is 0 Å². The van der Waals surface area contributed by atoms with Gasteiger partial charge in [-0.3, -0.25) is 0 Å². The Labute approximate surface area is 311 Å². The van der Waals surface area contributed by atoms with E-state index in [4.69, 9.17) is 8.83 Å². The number of para-hydroxylation sites is 5. The van der Waals surface area contributed by atoms with Gasteiger partial charge in [0.25, 0.3) is 0 Å². The molecule has 0 radical (unpaired) electrons. The quantitative estimate of drug-likeness (QED) is 0.185. The maximum Gasteiger partial charge on any atom is 0.147 e. The van der Waals surface area contributed by atoms with E-state index in [1.165, 1.54) is 44.1 Å². The van der Waals surface area contributed by atoms with Crippen LogP contribution in [0.15, 0.2) is 173 Å². The first kappa shape index (κ1) is 29.7. The lowest BCUT2D eigenvalue weighted by atomic mass is 9.81. The molecule has 0 fully saturated rings. The van der Waals surface area contributed by atoms with E-state index in [9.17, 15) is 0 Å². The number of rotatable bonds is 3. The van der Waals surface area contributed by atoms with Crippen LogP contribution in [0.5, 0.6) is 0 Å². The van der Waals surface area contributed by atoms with Crippen molar-refractivity contribution >= 4 is 65.7 Å². The van der Waals surface area contributed by atoms with Crippen LogP contribution in [0.1, 0.15) is 25.0 Å². The molecule has 0 spiro atoms. The zero-order chi connectivity index (χ0) is 35.7. The minimum absolute atomic E-state index is 0.139. The molecule has 0 amide bonds. The molecular formula is C51H33NO2. The summed E-state index contributed by atoms with van der Waals surface area (Å²) in [5.74, 6) is 0. The Morgan fingerprint density at radius 2 is 1.07 bits per heavy atom. The summed E-state index contributed by atoms with van der Waals surface area (Å²) in [6.45, 7) is 4.67. The molecule has 1 aliphatic rings. The van der Waals surface area contributed by atoms with Crippen LogP contribution in [0.2, 0.25) is 0 Å². The Kier molecular flexibility index (Phi) is 5.84. The molecule has 0 saturated carbocycles. The molecule has 0 bridgehead atoms. The highest BCUT2D eigenvalue weighted by atomic mass is 16.3. The van der Waals surface area contributed by atoms with Gasteiger partial charge in [0.2, 0.25) is 0 Å². The van der Waals surface area contributed by atoms with Crippen LogP contribution in [0.3, 0.4) is 0 Å². The highest BCUT2D eigenvalue weighted by Crippen LogP contribution is 2.52. The van der Waals surface area contributed by atoms with Crippen LogP contribution in [-0.2, 0) is 5.41 Å². The number of hydrogen-bond donors (Lipinski definition) is 0. The summed E-state index contributed by atoms with van der Waals surface area (Å²) in [7, 11) is 0. The number of furan rings is 2. The number of fused-ring (bicyclic) bond motifs is 12. The standard InChI is InChI=1S/C51H33NO2/c1-51(2)42-23-9-6-16-32(42)33-27-26-30(28-43(33)51)46-49-40(35-18-8-11-25-45(35)53-49)29-41-39-22-13-21-38(48(39)54-50(41)46)37-20-12-19-36-34-17-7-10-24-44(34)52(47(36)37)31-14-4-3-5-15-31/h3-29H,1-2H3. The summed E-state index contributed by atoms with van der Waals surface area (Å²) in [5.41, 5.74) is 16.3. The molecule has 1 aliphatic carbocycles. The summed E-state index contributed by atoms with van der Waals surface area (Å²) in [6.07, 6.45) is 0. The van der Waals surface area contributed by atoms with Crippen molar-refractivity contribution in [2.45, 2.75) is 19.3 Å². The van der Waals surface area contributed by atoms with Gasteiger partial charge in [0.05, 0.1) is 16.6 Å². The normalized spacial score (nSPS) is 13.5. The first-order chi connectivity index (χ1) is 26.6. The fraction of sp³-hybridized carbons (Fsp3) is 0.0588. The van der Waals surface area contributed by atoms with Crippen LogP contribution >= 0.6 is 0 Å². The minimum Gasteiger partial charge on any atom is -0.455 e. The van der Waals surface area contributed by atoms with E-state index in [0.29, 0.717) is 0 Å². The number of aromatic nitrogens is 1. The van der Waals surface area contributed by atoms with E-state index < -0.39 is 0 Å². The Hall–Kier alpha value is -6.84. The average Bonchev–Trinajstić information content (AvgIpc) is 3.94. The average molecular weight is 692 g/mol. The highest BCUT2D eigenvalue weighted by Gasteiger charge is 2.36. The molecule has 12 rings (SSSR count). The van der Waals surface area contributed by atoms with Crippen molar-refractivity contribution in [2.24, 2.45) is 0 Å². The third kappa shape index (κ3) is 3.85. The topological polar surface area (TPSA) is 31.2 Å². The summed E-state index contributed by atoms with van der Waals surface area (Å²) < 4.78 is 16.4. The van der Waals surface area contributed by atoms with E-state index in [-0.39, 0.29) is 5.41 Å². The molecular weight excluding hydrogens is 659 g/mol. The second kappa shape index (κ2) is 10.6. The largest absolute Gasteiger partial charge is 0.455 e. The molecule has 0 saturated heterocycles. The van der Waals surface area contributed by atoms with E-state index >= 15 is 0 Å². The zero-order valence-corrected chi connectivity index (χ0v) is 29.9. The van der Waals surface area contributed by atoms with Crippen LogP contribution in [0.4, 0.5) is 0 Å². The summed E-state index contributed by atoms with van der Waals surface area (Å²) in [4.78, 5) is 0. The Balaban J connectivity index is 1.18. The maximum atomic E-state index is 7.26. The lowest BCUT2D eigenvalue weighted by molar-refractivity contribution is 0.656. The van der Waals surface area contributed by atoms with E-state index in [0.717, 1.165) is 71.8 Å². The van der Waals surface area contributed by atoms with Gasteiger partial charge in [0, 0.05) is 54.5 Å². The van der Waals surface area contributed by atoms with Crippen molar-refractivity contribution in [3.05, 3.63) is 175 Å². The van der Waals surface area contributed by atoms with Crippen molar-refractivity contribution in [1.29, 1.82) is 0 Å². The van der Waals surface area contributed by atoms with Gasteiger partial charge in [-0.2, -0.15) is 0 Å². The highest BCUT2D eigenvalue weighted by molar-refractivity contribution is 6.24. The predicted molar refractivity (Wildman–Crippen MR) is 224 cm³/mol. The lowest BCUT2D eigenvalue weighted by Crippen LogP contribution is -2.14. The van der Waals surface area contributed by atoms with Gasteiger partial charge >= 0.3 is 0 Å². The molecule has 11 aromatic rings. The van der Waals surface area contributed by atoms with Crippen LogP contribution in [-0.4, -0.2) is 4.57 Å². The number of hydrogen-bond acceptors (Lipinski definition) is 2. The van der Waals surface area contributed by atoms with Crippen LogP contribution in [0, 0.1) is 0 Å². The summed E-state index contributed by atoms with van der Waals surface area (Å²) >= 11 is 0. The molecule has 0 atom stereocenters. The van der Waals surface area contributed by atoms with Crippen molar-refractivity contribution in [1.82, 2.24) is 4.57 Å². The van der Waals surface area contributed by atoms with Gasteiger partial charge in [0.15, 0.2) is 0 Å². The third-order valence-corrected chi connectivity index (χ3v) is 12.0. The number of benzene rings is 8. The molecule has 3 nitrogen and oxygen atoms in total. The molecule has 0 unspecified atom stereocenters. The molecule has 0 aliphatic heterocycles. The van der Waals surface area contributed by atoms with Crippen LogP contribution in [0.25, 0.3) is 105 Å². The van der Waals surface area contributed by atoms with Gasteiger partial charge in [-0.05, 0) is 64.2 Å². The predicted octanol–water partition coefficient (Wildman–Crippen LogP) is 14.2. The maximum absolute atomic E-state index is 7.26. The Morgan fingerprint density at radius 3 is 1.96 bits per heavy atom. The third-order valence-electron chi connectivity index (χ3n) is 12.0. The zero-order valence-electron chi connectivity index (χ0n) is 29.9. The molecule has 54 heavy (non-hydrogen) atoms. The molecule has 254 valence electrons. The molecule has 0 N–H and O–H groups in total. The molecule has 3 aromatic heterocycles. The Morgan fingerprint density at radius 1 is 0.426 bits per heavy atom. The first-order valence-corrected chi connectivity index (χ1v) is 18.7. The number of nitrogens with zero attached hydrogens (tertiary/aromatic N) is 1. The SMILES string of the molecule is CC1(C)c2ccccc2-c2ccc(-c3c4oc5ccccc5c4cc4c3oc3c(-c5cccc6c7ccccc7n(-c7ccccc7)c56)cccc34)cc21. The van der Waals surface area contributed by atoms with Gasteiger partial charge < -0.3 is 13.4 Å². The lowest BCUT2D eigenvalue weighted by Gasteiger charge is -2.22. The summed E-state index contributed by atoms with van der Waals surface area (Å²) in [6, 6.07) is 59.0. The van der Waals surface area contributed by atoms with Crippen molar-refractivity contribution in [2.75, 3.05) is 0 Å². The van der Waals surface area contributed by atoms with Gasteiger partial charge in [-0.15, -0.1) is 0 Å². The van der Waals surface area contributed by atoms with E-state index in [2.05, 4.69) is 176 Å². The minimum atomic E-state index is -0.139. The van der Waals surface area contributed by atoms with E-state index in [1.807, 2.05) is 6.07 Å². The Bertz CT molecular complexity index is 3350. The second-order valence-electron chi connectivity index (χ2n) is 15.2. The fourth-order valence-electron chi connectivity index (χ4n) is 9.52. The van der Waals surface area contributed by atoms with Crippen molar-refractivity contribution < 1.29 is 8.83 Å². The van der Waals surface area contributed by atoms with E-state index in [1.54, 1.807) is 0 Å². The first-order valence-electron chi connectivity index (χ1n) is 18.7. The smallest absolute Gasteiger partial charge is 0.147 e. The van der Waals surface area contributed by atoms with Crippen molar-refractivity contribution in [3.63, 3.8) is 0 Å². The van der Waals surface area contributed by atoms with Gasteiger partial charge in [0.1, 0.15) is 22.3 Å². The van der Waals surface area contributed by atoms with Crippen LogP contribution < -0.4 is 0 Å².